The summed E-state index contributed by atoms with van der Waals surface area (Å²) < 4.78 is 81.5. The summed E-state index contributed by atoms with van der Waals surface area (Å²) in [6.45, 7) is 0.00307. The number of pyridine rings is 1. The molecule has 0 bridgehead atoms. The molecule has 1 saturated heterocycles. The maximum atomic E-state index is 13.2. The van der Waals surface area contributed by atoms with Gasteiger partial charge in [0.1, 0.15) is 11.9 Å². The van der Waals surface area contributed by atoms with Crippen molar-refractivity contribution in [2.45, 2.75) is 17.2 Å². The molecule has 0 amide bonds. The SMILES string of the molecule is O=S(=O)(c1cccc(F)c1)N1CC(Oc2ccc(C(F)(F)F)cn2)C1. The summed E-state index contributed by atoms with van der Waals surface area (Å²) in [4.78, 5) is 3.40. The molecule has 2 heterocycles. The fraction of sp³-hybridized carbons (Fsp3) is 0.267. The lowest BCUT2D eigenvalue weighted by Gasteiger charge is -2.37. The van der Waals surface area contributed by atoms with Gasteiger partial charge in [-0.2, -0.15) is 17.5 Å². The van der Waals surface area contributed by atoms with Crippen LogP contribution in [0.4, 0.5) is 17.6 Å². The molecule has 1 fully saturated rings. The molecule has 1 aromatic heterocycles. The van der Waals surface area contributed by atoms with E-state index in [-0.39, 0.29) is 23.9 Å². The molecular formula is C15H12F4N2O3S. The number of ether oxygens (including phenoxy) is 1. The monoisotopic (exact) mass is 376 g/mol. The third-order valence-electron chi connectivity index (χ3n) is 3.60. The van der Waals surface area contributed by atoms with Gasteiger partial charge in [0.2, 0.25) is 15.9 Å². The zero-order valence-electron chi connectivity index (χ0n) is 12.6. The largest absolute Gasteiger partial charge is 0.472 e. The zero-order valence-corrected chi connectivity index (χ0v) is 13.4. The van der Waals surface area contributed by atoms with Gasteiger partial charge < -0.3 is 4.74 Å². The van der Waals surface area contributed by atoms with Gasteiger partial charge in [0.05, 0.1) is 23.5 Å². The van der Waals surface area contributed by atoms with Gasteiger partial charge in [-0.25, -0.2) is 17.8 Å². The predicted molar refractivity (Wildman–Crippen MR) is 78.8 cm³/mol. The Balaban J connectivity index is 1.61. The van der Waals surface area contributed by atoms with Crippen LogP contribution in [0.5, 0.6) is 5.88 Å². The van der Waals surface area contributed by atoms with Gasteiger partial charge in [-0.15, -0.1) is 0 Å². The maximum absolute atomic E-state index is 13.2. The summed E-state index contributed by atoms with van der Waals surface area (Å²) in [7, 11) is -3.83. The minimum Gasteiger partial charge on any atom is -0.472 e. The minimum absolute atomic E-state index is 0.00154. The van der Waals surface area contributed by atoms with E-state index in [2.05, 4.69) is 4.98 Å². The first kappa shape index (κ1) is 17.6. The normalized spacial score (nSPS) is 16.5. The molecule has 0 unspecified atom stereocenters. The molecule has 1 aliphatic rings. The fourth-order valence-electron chi connectivity index (χ4n) is 2.24. The van der Waals surface area contributed by atoms with E-state index in [1.54, 1.807) is 0 Å². The van der Waals surface area contributed by atoms with Crippen LogP contribution in [0.15, 0.2) is 47.5 Å². The van der Waals surface area contributed by atoms with Crippen LogP contribution in [0, 0.1) is 5.82 Å². The Morgan fingerprint density at radius 3 is 2.44 bits per heavy atom. The molecule has 2 aromatic rings. The average molecular weight is 376 g/mol. The van der Waals surface area contributed by atoms with Crippen molar-refractivity contribution in [2.24, 2.45) is 0 Å². The summed E-state index contributed by atoms with van der Waals surface area (Å²) in [6.07, 6.45) is -4.37. The average Bonchev–Trinajstić information content (AvgIpc) is 2.50. The number of sulfonamides is 1. The molecule has 1 aliphatic heterocycles. The van der Waals surface area contributed by atoms with Gasteiger partial charge in [-0.3, -0.25) is 0 Å². The highest BCUT2D eigenvalue weighted by molar-refractivity contribution is 7.89. The Morgan fingerprint density at radius 1 is 1.16 bits per heavy atom. The van der Waals surface area contributed by atoms with E-state index in [1.807, 2.05) is 0 Å². The number of halogens is 4. The Bertz CT molecular complexity index is 863. The second-order valence-corrected chi connectivity index (χ2v) is 7.34. The van der Waals surface area contributed by atoms with E-state index in [4.69, 9.17) is 4.74 Å². The number of hydrogen-bond acceptors (Lipinski definition) is 4. The molecular weight excluding hydrogens is 364 g/mol. The Kier molecular flexibility index (Phi) is 4.41. The van der Waals surface area contributed by atoms with Crippen LogP contribution >= 0.6 is 0 Å². The molecule has 5 nitrogen and oxygen atoms in total. The number of alkyl halides is 3. The van der Waals surface area contributed by atoms with Crippen LogP contribution in [0.1, 0.15) is 5.56 Å². The van der Waals surface area contributed by atoms with Crippen LogP contribution < -0.4 is 4.74 Å². The molecule has 10 heteroatoms. The van der Waals surface area contributed by atoms with E-state index < -0.39 is 33.7 Å². The Morgan fingerprint density at radius 2 is 1.88 bits per heavy atom. The lowest BCUT2D eigenvalue weighted by atomic mass is 10.2. The predicted octanol–water partition coefficient (Wildman–Crippen LogP) is 2.69. The standard InChI is InChI=1S/C15H12F4N2O3S/c16-11-2-1-3-13(6-11)25(22,23)21-8-12(9-21)24-14-5-4-10(7-20-14)15(17,18)19/h1-7,12H,8-9H2. The third kappa shape index (κ3) is 3.74. The van der Waals surface area contributed by atoms with Crippen molar-refractivity contribution in [1.29, 1.82) is 0 Å². The number of aromatic nitrogens is 1. The van der Waals surface area contributed by atoms with E-state index in [0.29, 0.717) is 6.20 Å². The van der Waals surface area contributed by atoms with Gasteiger partial charge >= 0.3 is 6.18 Å². The van der Waals surface area contributed by atoms with Gasteiger partial charge in [0, 0.05) is 12.3 Å². The first-order valence-corrected chi connectivity index (χ1v) is 8.56. The zero-order chi connectivity index (χ0) is 18.2. The highest BCUT2D eigenvalue weighted by Gasteiger charge is 2.38. The van der Waals surface area contributed by atoms with Crippen molar-refractivity contribution in [1.82, 2.24) is 9.29 Å². The van der Waals surface area contributed by atoms with Gasteiger partial charge in [-0.1, -0.05) is 6.07 Å². The molecule has 0 atom stereocenters. The van der Waals surface area contributed by atoms with Crippen molar-refractivity contribution >= 4 is 10.0 Å². The smallest absolute Gasteiger partial charge is 0.417 e. The molecule has 0 saturated carbocycles. The van der Waals surface area contributed by atoms with E-state index >= 15 is 0 Å². The van der Waals surface area contributed by atoms with Crippen molar-refractivity contribution in [3.8, 4) is 5.88 Å². The van der Waals surface area contributed by atoms with Gasteiger partial charge in [0.15, 0.2) is 0 Å². The number of hydrogen-bond donors (Lipinski definition) is 0. The fourth-order valence-corrected chi connectivity index (χ4v) is 3.77. The van der Waals surface area contributed by atoms with Crippen LogP contribution in [0.25, 0.3) is 0 Å². The highest BCUT2D eigenvalue weighted by atomic mass is 32.2. The maximum Gasteiger partial charge on any atom is 0.417 e. The summed E-state index contributed by atoms with van der Waals surface area (Å²) in [5, 5.41) is 0. The highest BCUT2D eigenvalue weighted by Crippen LogP contribution is 2.30. The molecule has 0 aliphatic carbocycles. The van der Waals surface area contributed by atoms with Crippen LogP contribution in [0.2, 0.25) is 0 Å². The van der Waals surface area contributed by atoms with E-state index in [1.165, 1.54) is 12.1 Å². The number of benzene rings is 1. The Labute approximate surface area is 140 Å². The molecule has 134 valence electrons. The number of rotatable bonds is 4. The Hall–Kier alpha value is -2.20. The topological polar surface area (TPSA) is 59.5 Å². The van der Waals surface area contributed by atoms with Crippen molar-refractivity contribution in [2.75, 3.05) is 13.1 Å². The molecule has 25 heavy (non-hydrogen) atoms. The first-order chi connectivity index (χ1) is 11.7. The quantitative estimate of drug-likeness (QED) is 0.770. The lowest BCUT2D eigenvalue weighted by Crippen LogP contribution is -2.56. The number of nitrogens with zero attached hydrogens (tertiary/aromatic N) is 2. The van der Waals surface area contributed by atoms with E-state index in [0.717, 1.165) is 28.6 Å². The second-order valence-electron chi connectivity index (χ2n) is 5.40. The molecule has 0 radical (unpaired) electrons. The van der Waals surface area contributed by atoms with Crippen LogP contribution in [0.3, 0.4) is 0 Å². The minimum atomic E-state index is -4.49. The summed E-state index contributed by atoms with van der Waals surface area (Å²) in [5.74, 6) is -0.691. The summed E-state index contributed by atoms with van der Waals surface area (Å²) in [5.41, 5.74) is -0.899. The lowest BCUT2D eigenvalue weighted by molar-refractivity contribution is -0.137. The summed E-state index contributed by atoms with van der Waals surface area (Å²) >= 11 is 0. The van der Waals surface area contributed by atoms with Crippen molar-refractivity contribution < 1.29 is 30.7 Å². The van der Waals surface area contributed by atoms with Crippen molar-refractivity contribution in [3.63, 3.8) is 0 Å². The molecule has 0 spiro atoms. The molecule has 1 aromatic carbocycles. The second kappa shape index (κ2) is 6.26. The van der Waals surface area contributed by atoms with E-state index in [9.17, 15) is 26.0 Å². The van der Waals surface area contributed by atoms with Gasteiger partial charge in [0.25, 0.3) is 0 Å². The molecule has 0 N–H and O–H groups in total. The van der Waals surface area contributed by atoms with Crippen LogP contribution in [-0.2, 0) is 16.2 Å². The van der Waals surface area contributed by atoms with Crippen molar-refractivity contribution in [3.05, 3.63) is 54.0 Å². The summed E-state index contributed by atoms with van der Waals surface area (Å²) in [6, 6.07) is 6.54. The van der Waals surface area contributed by atoms with Crippen LogP contribution in [-0.4, -0.2) is 36.9 Å². The first-order valence-electron chi connectivity index (χ1n) is 7.12. The molecule has 3 rings (SSSR count). The van der Waals surface area contributed by atoms with Gasteiger partial charge in [-0.05, 0) is 24.3 Å². The third-order valence-corrected chi connectivity index (χ3v) is 5.43.